The fourth-order valence-electron chi connectivity index (χ4n) is 3.42. The van der Waals surface area contributed by atoms with E-state index in [9.17, 15) is 5.11 Å². The Morgan fingerprint density at radius 1 is 1.18 bits per heavy atom. The summed E-state index contributed by atoms with van der Waals surface area (Å²) in [5, 5.41) is 14.1. The molecule has 0 bridgehead atoms. The topological polar surface area (TPSA) is 71.2 Å². The van der Waals surface area contributed by atoms with Crippen LogP contribution in [0.2, 0.25) is 0 Å². The molecular formula is C17H19N3O2. The molecule has 2 unspecified atom stereocenters. The number of nitrogens with zero attached hydrogens (tertiary/aromatic N) is 2. The van der Waals surface area contributed by atoms with Crippen molar-refractivity contribution in [3.05, 3.63) is 30.6 Å². The molecule has 114 valence electrons. The quantitative estimate of drug-likeness (QED) is 0.776. The zero-order valence-corrected chi connectivity index (χ0v) is 12.3. The Kier molecular flexibility index (Phi) is 3.42. The van der Waals surface area contributed by atoms with Gasteiger partial charge in [0.05, 0.1) is 0 Å². The number of hydrogen-bond donors (Lipinski definition) is 2. The fraction of sp³-hybridized carbons (Fsp3) is 0.412. The second-order valence-electron chi connectivity index (χ2n) is 5.98. The molecule has 1 aliphatic rings. The smallest absolute Gasteiger partial charge is 0.196 e. The van der Waals surface area contributed by atoms with Crippen LogP contribution in [0.25, 0.3) is 22.1 Å². The maximum atomic E-state index is 9.57. The molecule has 1 fully saturated rings. The van der Waals surface area contributed by atoms with Crippen LogP contribution in [0.5, 0.6) is 0 Å². The third kappa shape index (κ3) is 2.22. The summed E-state index contributed by atoms with van der Waals surface area (Å²) in [7, 11) is 0. The summed E-state index contributed by atoms with van der Waals surface area (Å²) in [5.41, 5.74) is 2.36. The third-order valence-electron chi connectivity index (χ3n) is 4.62. The summed E-state index contributed by atoms with van der Waals surface area (Å²) in [6, 6.07) is 8.13. The van der Waals surface area contributed by atoms with E-state index in [4.69, 9.17) is 4.42 Å². The predicted molar refractivity (Wildman–Crippen MR) is 85.8 cm³/mol. The number of hydrogen-bond acceptors (Lipinski definition) is 5. The number of benzene rings is 1. The number of aliphatic hydroxyl groups excluding tert-OH is 1. The van der Waals surface area contributed by atoms with Crippen molar-refractivity contribution in [2.45, 2.75) is 31.7 Å². The van der Waals surface area contributed by atoms with E-state index in [1.807, 2.05) is 24.3 Å². The van der Waals surface area contributed by atoms with Gasteiger partial charge < -0.3 is 14.8 Å². The Morgan fingerprint density at radius 2 is 2.05 bits per heavy atom. The molecule has 0 spiro atoms. The van der Waals surface area contributed by atoms with Gasteiger partial charge in [-0.15, -0.1) is 0 Å². The van der Waals surface area contributed by atoms with E-state index in [2.05, 4.69) is 15.3 Å². The lowest BCUT2D eigenvalue weighted by atomic mass is 9.85. The lowest BCUT2D eigenvalue weighted by molar-refractivity contribution is 0.178. The van der Waals surface area contributed by atoms with Crippen molar-refractivity contribution in [2.24, 2.45) is 5.92 Å². The van der Waals surface area contributed by atoms with E-state index in [1.165, 1.54) is 12.8 Å². The monoisotopic (exact) mass is 297 g/mol. The van der Waals surface area contributed by atoms with Crippen molar-refractivity contribution >= 4 is 27.9 Å². The normalized spacial score (nSPS) is 22.2. The van der Waals surface area contributed by atoms with Crippen molar-refractivity contribution in [1.29, 1.82) is 0 Å². The molecule has 4 rings (SSSR count). The van der Waals surface area contributed by atoms with Crippen LogP contribution in [0, 0.1) is 5.92 Å². The van der Waals surface area contributed by atoms with Gasteiger partial charge >= 0.3 is 0 Å². The third-order valence-corrected chi connectivity index (χ3v) is 4.62. The molecule has 1 aromatic carbocycles. The summed E-state index contributed by atoms with van der Waals surface area (Å²) in [6.07, 6.45) is 6.05. The molecule has 2 N–H and O–H groups in total. The Bertz CT molecular complexity index is 799. The average molecular weight is 297 g/mol. The Hall–Kier alpha value is -2.14. The van der Waals surface area contributed by atoms with Crippen LogP contribution in [0.4, 0.5) is 5.82 Å². The number of anilines is 1. The molecular weight excluding hydrogens is 278 g/mol. The van der Waals surface area contributed by atoms with Crippen molar-refractivity contribution in [3.8, 4) is 0 Å². The van der Waals surface area contributed by atoms with E-state index in [0.717, 1.165) is 35.1 Å². The number of fused-ring (bicyclic) bond motifs is 3. The minimum atomic E-state index is 0.214. The van der Waals surface area contributed by atoms with E-state index < -0.39 is 0 Å². The van der Waals surface area contributed by atoms with Gasteiger partial charge in [-0.3, -0.25) is 0 Å². The molecule has 0 saturated heterocycles. The first kappa shape index (κ1) is 13.5. The first-order valence-electron chi connectivity index (χ1n) is 7.86. The standard InChI is InChI=1S/C17H19N3O2/c21-9-11-5-1-3-7-13(11)20-17-16-15(18-10-19-17)12-6-2-4-8-14(12)22-16/h2,4,6,8,10-11,13,21H,1,3,5,7,9H2,(H,18,19,20). The van der Waals surface area contributed by atoms with Crippen LogP contribution in [0.1, 0.15) is 25.7 Å². The van der Waals surface area contributed by atoms with Gasteiger partial charge in [-0.25, -0.2) is 9.97 Å². The molecule has 0 aliphatic heterocycles. The number of aliphatic hydroxyl groups is 1. The summed E-state index contributed by atoms with van der Waals surface area (Å²) in [6.45, 7) is 0.214. The molecule has 5 heteroatoms. The van der Waals surface area contributed by atoms with E-state index >= 15 is 0 Å². The number of nitrogens with one attached hydrogen (secondary N) is 1. The minimum Gasteiger partial charge on any atom is -0.450 e. The second kappa shape index (κ2) is 5.57. The van der Waals surface area contributed by atoms with Gasteiger partial charge in [0.1, 0.15) is 17.4 Å². The average Bonchev–Trinajstić information content (AvgIpc) is 2.95. The zero-order valence-electron chi connectivity index (χ0n) is 12.3. The Balaban J connectivity index is 1.75. The van der Waals surface area contributed by atoms with E-state index in [1.54, 1.807) is 6.33 Å². The minimum absolute atomic E-state index is 0.214. The molecule has 1 aliphatic carbocycles. The highest BCUT2D eigenvalue weighted by Gasteiger charge is 2.26. The molecule has 5 nitrogen and oxygen atoms in total. The van der Waals surface area contributed by atoms with Crippen LogP contribution in [-0.4, -0.2) is 27.7 Å². The van der Waals surface area contributed by atoms with E-state index in [0.29, 0.717) is 5.58 Å². The van der Waals surface area contributed by atoms with Gasteiger partial charge in [-0.05, 0) is 25.0 Å². The number of furan rings is 1. The SMILES string of the molecule is OCC1CCCCC1Nc1ncnc2c1oc1ccccc12. The van der Waals surface area contributed by atoms with Crippen LogP contribution in [-0.2, 0) is 0 Å². The highest BCUT2D eigenvalue weighted by atomic mass is 16.3. The lowest BCUT2D eigenvalue weighted by Gasteiger charge is -2.31. The summed E-state index contributed by atoms with van der Waals surface area (Å²) in [4.78, 5) is 8.74. The van der Waals surface area contributed by atoms with Gasteiger partial charge in [0.25, 0.3) is 0 Å². The van der Waals surface area contributed by atoms with Gasteiger partial charge in [0.15, 0.2) is 11.4 Å². The molecule has 0 radical (unpaired) electrons. The van der Waals surface area contributed by atoms with Crippen LogP contribution < -0.4 is 5.32 Å². The molecule has 2 aromatic heterocycles. The summed E-state index contributed by atoms with van der Waals surface area (Å²) < 4.78 is 5.94. The van der Waals surface area contributed by atoms with Crippen molar-refractivity contribution in [3.63, 3.8) is 0 Å². The number of rotatable bonds is 3. The van der Waals surface area contributed by atoms with Crippen LogP contribution in [0.15, 0.2) is 35.0 Å². The second-order valence-corrected chi connectivity index (χ2v) is 5.98. The van der Waals surface area contributed by atoms with Crippen molar-refractivity contribution in [2.75, 3.05) is 11.9 Å². The zero-order chi connectivity index (χ0) is 14.9. The Morgan fingerprint density at radius 3 is 2.95 bits per heavy atom. The highest BCUT2D eigenvalue weighted by Crippen LogP contribution is 2.33. The summed E-state index contributed by atoms with van der Waals surface area (Å²) >= 11 is 0. The molecule has 1 saturated carbocycles. The molecule has 0 amide bonds. The first-order chi connectivity index (χ1) is 10.9. The predicted octanol–water partition coefficient (Wildman–Crippen LogP) is 3.34. The molecule has 3 aromatic rings. The largest absolute Gasteiger partial charge is 0.450 e. The Labute approximate surface area is 128 Å². The number of aromatic nitrogens is 2. The van der Waals surface area contributed by atoms with Gasteiger partial charge in [-0.2, -0.15) is 0 Å². The highest BCUT2D eigenvalue weighted by molar-refractivity contribution is 6.05. The molecule has 2 atom stereocenters. The van der Waals surface area contributed by atoms with Crippen molar-refractivity contribution < 1.29 is 9.52 Å². The van der Waals surface area contributed by atoms with Crippen LogP contribution >= 0.6 is 0 Å². The van der Waals surface area contributed by atoms with Gasteiger partial charge in [-0.1, -0.05) is 25.0 Å². The molecule has 2 heterocycles. The first-order valence-corrected chi connectivity index (χ1v) is 7.86. The van der Waals surface area contributed by atoms with Gasteiger partial charge in [0.2, 0.25) is 0 Å². The maximum absolute atomic E-state index is 9.57. The number of para-hydroxylation sites is 1. The van der Waals surface area contributed by atoms with Gasteiger partial charge in [0, 0.05) is 24.0 Å². The summed E-state index contributed by atoms with van der Waals surface area (Å²) in [5.74, 6) is 1.01. The maximum Gasteiger partial charge on any atom is 0.196 e. The van der Waals surface area contributed by atoms with E-state index in [-0.39, 0.29) is 18.6 Å². The van der Waals surface area contributed by atoms with Crippen LogP contribution in [0.3, 0.4) is 0 Å². The van der Waals surface area contributed by atoms with Crippen molar-refractivity contribution in [1.82, 2.24) is 9.97 Å². The fourth-order valence-corrected chi connectivity index (χ4v) is 3.42. The lowest BCUT2D eigenvalue weighted by Crippen LogP contribution is -2.34. The molecule has 22 heavy (non-hydrogen) atoms.